The van der Waals surface area contributed by atoms with E-state index < -0.39 is 25.3 Å². The maximum absolute atomic E-state index is 11.8. The Labute approximate surface area is 105 Å². The molecule has 0 aromatic carbocycles. The first-order valence-electron chi connectivity index (χ1n) is 5.70. The number of ether oxygens (including phenoxy) is 1. The molecule has 0 saturated heterocycles. The highest BCUT2D eigenvalue weighted by Gasteiger charge is 2.29. The molecule has 1 amide bonds. The molecule has 0 aliphatic heterocycles. The molecule has 0 aliphatic carbocycles. The van der Waals surface area contributed by atoms with Gasteiger partial charge in [0, 0.05) is 6.04 Å². The van der Waals surface area contributed by atoms with Crippen LogP contribution in [0.3, 0.4) is 0 Å². The van der Waals surface area contributed by atoms with Crippen LogP contribution in [0.4, 0.5) is 13.2 Å². The molecule has 1 unspecified atom stereocenters. The predicted octanol–water partition coefficient (Wildman–Crippen LogP) is 1.44. The summed E-state index contributed by atoms with van der Waals surface area (Å²) in [6.45, 7) is 4.14. The lowest BCUT2D eigenvalue weighted by Crippen LogP contribution is -2.46. The lowest BCUT2D eigenvalue weighted by atomic mass is 9.85. The molecule has 0 heterocycles. The van der Waals surface area contributed by atoms with Crippen LogP contribution in [0.15, 0.2) is 0 Å². The Morgan fingerprint density at radius 2 is 1.89 bits per heavy atom. The number of amides is 1. The molecule has 0 radical (unpaired) electrons. The van der Waals surface area contributed by atoms with Gasteiger partial charge in [0.2, 0.25) is 5.91 Å². The quantitative estimate of drug-likeness (QED) is 0.767. The molecule has 0 saturated carbocycles. The van der Waals surface area contributed by atoms with Crippen molar-refractivity contribution in [1.29, 1.82) is 0 Å². The number of hydrogen-bond donors (Lipinski definition) is 2. The molecule has 0 aromatic heterocycles. The Hall–Kier alpha value is -0.820. The fourth-order valence-electron chi connectivity index (χ4n) is 1.38. The van der Waals surface area contributed by atoms with Crippen LogP contribution in [-0.2, 0) is 9.53 Å². The average molecular weight is 270 g/mol. The van der Waals surface area contributed by atoms with Gasteiger partial charge in [0.1, 0.15) is 13.2 Å². The molecule has 4 nitrogen and oxygen atoms in total. The van der Waals surface area contributed by atoms with Crippen molar-refractivity contribution in [2.75, 3.05) is 19.8 Å². The molecule has 0 aromatic rings. The predicted molar refractivity (Wildman–Crippen MR) is 61.9 cm³/mol. The van der Waals surface area contributed by atoms with Crippen molar-refractivity contribution in [2.24, 2.45) is 11.1 Å². The van der Waals surface area contributed by atoms with Gasteiger partial charge in [0.05, 0.1) is 0 Å². The minimum atomic E-state index is -4.42. The zero-order chi connectivity index (χ0) is 14.4. The monoisotopic (exact) mass is 270 g/mol. The number of alkyl halides is 3. The highest BCUT2D eigenvalue weighted by Crippen LogP contribution is 2.21. The van der Waals surface area contributed by atoms with E-state index in [2.05, 4.69) is 10.1 Å². The molecule has 18 heavy (non-hydrogen) atoms. The molecule has 0 spiro atoms. The van der Waals surface area contributed by atoms with Gasteiger partial charge in [-0.2, -0.15) is 13.2 Å². The first kappa shape index (κ1) is 17.2. The fraction of sp³-hybridized carbons (Fsp3) is 0.909. The van der Waals surface area contributed by atoms with Crippen LogP contribution in [0.25, 0.3) is 0 Å². The van der Waals surface area contributed by atoms with Gasteiger partial charge in [-0.25, -0.2) is 0 Å². The molecule has 0 rings (SSSR count). The van der Waals surface area contributed by atoms with Crippen molar-refractivity contribution in [3.05, 3.63) is 0 Å². The summed E-state index contributed by atoms with van der Waals surface area (Å²) in [5.41, 5.74) is 5.22. The largest absolute Gasteiger partial charge is 0.411 e. The maximum atomic E-state index is 11.8. The number of carbonyl (C=O) groups is 1. The van der Waals surface area contributed by atoms with Crippen molar-refractivity contribution < 1.29 is 22.7 Å². The normalized spacial score (nSPS) is 14.4. The first-order valence-corrected chi connectivity index (χ1v) is 5.70. The Kier molecular flexibility index (Phi) is 6.62. The second-order valence-corrected chi connectivity index (χ2v) is 5.17. The van der Waals surface area contributed by atoms with Crippen molar-refractivity contribution in [1.82, 2.24) is 5.32 Å². The van der Waals surface area contributed by atoms with Crippen LogP contribution in [0, 0.1) is 5.41 Å². The molecule has 7 heteroatoms. The minimum Gasteiger partial charge on any atom is -0.362 e. The zero-order valence-corrected chi connectivity index (χ0v) is 10.9. The number of nitrogens with one attached hydrogen (secondary N) is 1. The topological polar surface area (TPSA) is 64.3 Å². The SMILES string of the molecule is CC(C)(C)C(CCN)NC(=O)COCC(F)(F)F. The van der Waals surface area contributed by atoms with E-state index in [1.54, 1.807) is 0 Å². The summed E-state index contributed by atoms with van der Waals surface area (Å²) >= 11 is 0. The summed E-state index contributed by atoms with van der Waals surface area (Å²) in [6, 6.07) is -0.190. The van der Waals surface area contributed by atoms with E-state index in [-0.39, 0.29) is 11.5 Å². The van der Waals surface area contributed by atoms with Gasteiger partial charge in [0.15, 0.2) is 0 Å². The van der Waals surface area contributed by atoms with Gasteiger partial charge in [-0.15, -0.1) is 0 Å². The van der Waals surface area contributed by atoms with Gasteiger partial charge in [0.25, 0.3) is 0 Å². The van der Waals surface area contributed by atoms with Gasteiger partial charge in [-0.3, -0.25) is 4.79 Å². The third kappa shape index (κ3) is 8.30. The van der Waals surface area contributed by atoms with Crippen molar-refractivity contribution in [2.45, 2.75) is 39.4 Å². The third-order valence-electron chi connectivity index (χ3n) is 2.33. The van der Waals surface area contributed by atoms with Crippen LogP contribution in [0.5, 0.6) is 0 Å². The van der Waals surface area contributed by atoms with Crippen LogP contribution >= 0.6 is 0 Å². The number of rotatable bonds is 6. The van der Waals surface area contributed by atoms with E-state index in [1.165, 1.54) is 0 Å². The molecule has 3 N–H and O–H groups in total. The summed E-state index contributed by atoms with van der Waals surface area (Å²) in [6.07, 6.45) is -3.85. The third-order valence-corrected chi connectivity index (χ3v) is 2.33. The second-order valence-electron chi connectivity index (χ2n) is 5.17. The molecule has 108 valence electrons. The molecule has 0 fully saturated rings. The number of hydrogen-bond acceptors (Lipinski definition) is 3. The van der Waals surface area contributed by atoms with Crippen molar-refractivity contribution in [3.63, 3.8) is 0 Å². The van der Waals surface area contributed by atoms with Crippen LogP contribution in [-0.4, -0.2) is 37.9 Å². The highest BCUT2D eigenvalue weighted by atomic mass is 19.4. The zero-order valence-electron chi connectivity index (χ0n) is 10.9. The number of halogens is 3. The summed E-state index contributed by atoms with van der Waals surface area (Å²) in [7, 11) is 0. The Morgan fingerprint density at radius 1 is 1.33 bits per heavy atom. The lowest BCUT2D eigenvalue weighted by molar-refractivity contribution is -0.175. The van der Waals surface area contributed by atoms with E-state index in [0.29, 0.717) is 13.0 Å². The van der Waals surface area contributed by atoms with Gasteiger partial charge < -0.3 is 15.8 Å². The molecule has 1 atom stereocenters. The number of nitrogens with two attached hydrogens (primary N) is 1. The smallest absolute Gasteiger partial charge is 0.362 e. The van der Waals surface area contributed by atoms with Crippen LogP contribution in [0.1, 0.15) is 27.2 Å². The Bertz CT molecular complexity index is 262. The van der Waals surface area contributed by atoms with E-state index in [9.17, 15) is 18.0 Å². The first-order chi connectivity index (χ1) is 8.06. The average Bonchev–Trinajstić information content (AvgIpc) is 2.13. The van der Waals surface area contributed by atoms with E-state index in [0.717, 1.165) is 0 Å². The molecule has 0 bridgehead atoms. The lowest BCUT2D eigenvalue weighted by Gasteiger charge is -2.31. The summed E-state index contributed by atoms with van der Waals surface area (Å²) in [5.74, 6) is -0.562. The fourth-order valence-corrected chi connectivity index (χ4v) is 1.38. The van der Waals surface area contributed by atoms with Crippen molar-refractivity contribution in [3.8, 4) is 0 Å². The number of carbonyl (C=O) groups excluding carboxylic acids is 1. The summed E-state index contributed by atoms with van der Waals surface area (Å²) in [5, 5.41) is 2.63. The molecule has 0 aliphatic rings. The van der Waals surface area contributed by atoms with Crippen molar-refractivity contribution >= 4 is 5.91 Å². The highest BCUT2D eigenvalue weighted by molar-refractivity contribution is 5.77. The summed E-state index contributed by atoms with van der Waals surface area (Å²) in [4.78, 5) is 11.4. The Morgan fingerprint density at radius 3 is 2.28 bits per heavy atom. The second kappa shape index (κ2) is 6.94. The Balaban J connectivity index is 4.11. The van der Waals surface area contributed by atoms with Gasteiger partial charge in [-0.1, -0.05) is 20.8 Å². The van der Waals surface area contributed by atoms with Gasteiger partial charge in [-0.05, 0) is 18.4 Å². The minimum absolute atomic E-state index is 0.190. The van der Waals surface area contributed by atoms with E-state index in [1.807, 2.05) is 20.8 Å². The molecular formula is C11H21F3N2O2. The molecular weight excluding hydrogens is 249 g/mol. The maximum Gasteiger partial charge on any atom is 0.411 e. The summed E-state index contributed by atoms with van der Waals surface area (Å²) < 4.78 is 39.7. The van der Waals surface area contributed by atoms with Crippen LogP contribution in [0.2, 0.25) is 0 Å². The van der Waals surface area contributed by atoms with E-state index in [4.69, 9.17) is 5.73 Å². The van der Waals surface area contributed by atoms with E-state index >= 15 is 0 Å². The van der Waals surface area contributed by atoms with Crippen LogP contribution < -0.4 is 11.1 Å². The van der Waals surface area contributed by atoms with Gasteiger partial charge >= 0.3 is 6.18 Å². The standard InChI is InChI=1S/C11H21F3N2O2/c1-10(2,3)8(4-5-15)16-9(17)6-18-7-11(12,13)14/h8H,4-7,15H2,1-3H3,(H,16,17).